The van der Waals surface area contributed by atoms with Gasteiger partial charge < -0.3 is 14.6 Å². The summed E-state index contributed by atoms with van der Waals surface area (Å²) in [4.78, 5) is 11.3. The first-order valence-corrected chi connectivity index (χ1v) is 6.99. The number of fused-ring (bicyclic) bond motifs is 3. The lowest BCUT2D eigenvalue weighted by Gasteiger charge is -2.28. The lowest BCUT2D eigenvalue weighted by atomic mass is 10.2. The van der Waals surface area contributed by atoms with Gasteiger partial charge in [0, 0.05) is 36.6 Å². The van der Waals surface area contributed by atoms with Crippen LogP contribution in [0.3, 0.4) is 0 Å². The van der Waals surface area contributed by atoms with Crippen LogP contribution in [-0.4, -0.2) is 36.1 Å². The van der Waals surface area contributed by atoms with Crippen LogP contribution in [0.2, 0.25) is 5.02 Å². The minimum Gasteiger partial charge on any atom is -0.443 e. The van der Waals surface area contributed by atoms with Crippen molar-refractivity contribution in [2.75, 3.05) is 31.1 Å². The van der Waals surface area contributed by atoms with Gasteiger partial charge >= 0.3 is 0 Å². The molecule has 6 heteroatoms. The third kappa shape index (κ3) is 1.82. The van der Waals surface area contributed by atoms with E-state index in [1.54, 1.807) is 0 Å². The highest BCUT2D eigenvalue weighted by Gasteiger charge is 2.19. The van der Waals surface area contributed by atoms with Crippen molar-refractivity contribution < 1.29 is 4.42 Å². The van der Waals surface area contributed by atoms with Crippen LogP contribution in [0.15, 0.2) is 29.0 Å². The normalized spacial score (nSPS) is 16.1. The number of anilines is 1. The largest absolute Gasteiger partial charge is 0.443 e. The van der Waals surface area contributed by atoms with Gasteiger partial charge in [-0.3, -0.25) is 0 Å². The summed E-state index contributed by atoms with van der Waals surface area (Å²) in [7, 11) is 0. The molecule has 0 unspecified atom stereocenters. The summed E-state index contributed by atoms with van der Waals surface area (Å²) in [6.45, 7) is 3.77. The average Bonchev–Trinajstić information content (AvgIpc) is 2.97. The zero-order valence-electron chi connectivity index (χ0n) is 10.8. The first kappa shape index (κ1) is 11.9. The minimum absolute atomic E-state index is 0.673. The van der Waals surface area contributed by atoms with Crippen LogP contribution in [-0.2, 0) is 0 Å². The molecule has 3 heterocycles. The lowest BCUT2D eigenvalue weighted by molar-refractivity contribution is 0.586. The number of hydrogen-bond donors (Lipinski definition) is 1. The molecule has 0 spiro atoms. The second kappa shape index (κ2) is 4.61. The quantitative estimate of drug-likeness (QED) is 0.745. The molecule has 0 radical (unpaired) electrons. The summed E-state index contributed by atoms with van der Waals surface area (Å²) in [6.07, 6.45) is 1.47. The van der Waals surface area contributed by atoms with Crippen molar-refractivity contribution in [1.29, 1.82) is 0 Å². The van der Waals surface area contributed by atoms with E-state index in [2.05, 4.69) is 15.2 Å². The van der Waals surface area contributed by atoms with Gasteiger partial charge in [-0.15, -0.1) is 0 Å². The van der Waals surface area contributed by atoms with Gasteiger partial charge in [0.2, 0.25) is 0 Å². The molecular weight excluding hydrogens is 276 g/mol. The van der Waals surface area contributed by atoms with Crippen LogP contribution < -0.4 is 10.2 Å². The molecule has 0 atom stereocenters. The van der Waals surface area contributed by atoms with Crippen molar-refractivity contribution >= 4 is 39.4 Å². The van der Waals surface area contributed by atoms with E-state index < -0.39 is 0 Å². The van der Waals surface area contributed by atoms with E-state index >= 15 is 0 Å². The Morgan fingerprint density at radius 1 is 1.25 bits per heavy atom. The maximum absolute atomic E-state index is 6.07. The average molecular weight is 289 g/mol. The molecule has 1 N–H and O–H groups in total. The first-order chi connectivity index (χ1) is 9.83. The molecule has 3 aromatic rings. The van der Waals surface area contributed by atoms with E-state index in [0.29, 0.717) is 5.02 Å². The summed E-state index contributed by atoms with van der Waals surface area (Å²) in [5.41, 5.74) is 2.44. The molecule has 1 aliphatic heterocycles. The van der Waals surface area contributed by atoms with E-state index in [1.165, 1.54) is 6.39 Å². The Bertz CT molecular complexity index is 779. The Balaban J connectivity index is 1.99. The van der Waals surface area contributed by atoms with E-state index in [9.17, 15) is 0 Å². The first-order valence-electron chi connectivity index (χ1n) is 6.61. The van der Waals surface area contributed by atoms with Gasteiger partial charge in [-0.05, 0) is 18.2 Å². The Labute approximate surface area is 120 Å². The highest BCUT2D eigenvalue weighted by atomic mass is 35.5. The van der Waals surface area contributed by atoms with Crippen molar-refractivity contribution in [3.05, 3.63) is 29.6 Å². The van der Waals surface area contributed by atoms with Gasteiger partial charge in [0.15, 0.2) is 23.3 Å². The van der Waals surface area contributed by atoms with Crippen LogP contribution >= 0.6 is 11.6 Å². The summed E-state index contributed by atoms with van der Waals surface area (Å²) in [5.74, 6) is 0.894. The highest BCUT2D eigenvalue weighted by molar-refractivity contribution is 6.31. The number of nitrogens with one attached hydrogen (secondary N) is 1. The molecule has 0 saturated carbocycles. The predicted molar refractivity (Wildman–Crippen MR) is 79.4 cm³/mol. The summed E-state index contributed by atoms with van der Waals surface area (Å²) >= 11 is 6.07. The fraction of sp³-hybridized carbons (Fsp3) is 0.286. The monoisotopic (exact) mass is 288 g/mol. The molecule has 1 saturated heterocycles. The molecule has 0 amide bonds. The second-order valence-electron chi connectivity index (χ2n) is 4.86. The Morgan fingerprint density at radius 2 is 2.10 bits per heavy atom. The van der Waals surface area contributed by atoms with Crippen LogP contribution in [0.5, 0.6) is 0 Å². The number of aromatic nitrogens is 2. The van der Waals surface area contributed by atoms with E-state index in [0.717, 1.165) is 54.0 Å². The van der Waals surface area contributed by atoms with E-state index in [4.69, 9.17) is 21.0 Å². The predicted octanol–water partition coefficient (Wildman–Crippen LogP) is 2.44. The van der Waals surface area contributed by atoms with Crippen molar-refractivity contribution in [1.82, 2.24) is 15.3 Å². The number of pyridine rings is 1. The Morgan fingerprint density at radius 3 is 2.95 bits per heavy atom. The SMILES string of the molecule is Clc1ccc2nc(N3CCNCC3)c3ncoc3c2c1. The molecule has 0 aliphatic carbocycles. The smallest absolute Gasteiger partial charge is 0.182 e. The van der Waals surface area contributed by atoms with Gasteiger partial charge in [-0.2, -0.15) is 0 Å². The number of halogens is 1. The summed E-state index contributed by atoms with van der Waals surface area (Å²) in [5, 5.41) is 4.92. The number of oxazole rings is 1. The number of rotatable bonds is 1. The number of benzene rings is 1. The van der Waals surface area contributed by atoms with Crippen LogP contribution in [0.25, 0.3) is 22.0 Å². The van der Waals surface area contributed by atoms with Crippen molar-refractivity contribution in [3.8, 4) is 0 Å². The summed E-state index contributed by atoms with van der Waals surface area (Å²) < 4.78 is 5.57. The molecule has 2 aromatic heterocycles. The van der Waals surface area contributed by atoms with Crippen molar-refractivity contribution in [2.45, 2.75) is 0 Å². The molecule has 0 bridgehead atoms. The highest BCUT2D eigenvalue weighted by Crippen LogP contribution is 2.32. The molecular formula is C14H13ClN4O. The summed E-state index contributed by atoms with van der Waals surface area (Å²) in [6, 6.07) is 5.64. The van der Waals surface area contributed by atoms with Gasteiger partial charge in [0.25, 0.3) is 0 Å². The Hall–Kier alpha value is -1.85. The van der Waals surface area contributed by atoms with Crippen LogP contribution in [0, 0.1) is 0 Å². The maximum atomic E-state index is 6.07. The fourth-order valence-corrected chi connectivity index (χ4v) is 2.82. The van der Waals surface area contributed by atoms with Crippen molar-refractivity contribution in [2.24, 2.45) is 0 Å². The van der Waals surface area contributed by atoms with Crippen LogP contribution in [0.4, 0.5) is 5.82 Å². The zero-order valence-corrected chi connectivity index (χ0v) is 11.5. The van der Waals surface area contributed by atoms with Gasteiger partial charge in [0.05, 0.1) is 5.52 Å². The number of nitrogens with zero attached hydrogens (tertiary/aromatic N) is 3. The van der Waals surface area contributed by atoms with E-state index in [-0.39, 0.29) is 0 Å². The third-order valence-electron chi connectivity index (χ3n) is 3.63. The topological polar surface area (TPSA) is 54.2 Å². The molecule has 1 aromatic carbocycles. The number of hydrogen-bond acceptors (Lipinski definition) is 5. The van der Waals surface area contributed by atoms with Gasteiger partial charge in [-0.25, -0.2) is 9.97 Å². The molecule has 4 rings (SSSR count). The standard InChI is InChI=1S/C14H13ClN4O/c15-9-1-2-11-10(7-9)13-12(17-8-20-13)14(18-11)19-5-3-16-4-6-19/h1-2,7-8,16H,3-6H2. The molecule has 1 fully saturated rings. The van der Waals surface area contributed by atoms with Crippen LogP contribution in [0.1, 0.15) is 0 Å². The van der Waals surface area contributed by atoms with Gasteiger partial charge in [0.1, 0.15) is 0 Å². The minimum atomic E-state index is 0.673. The van der Waals surface area contributed by atoms with Crippen molar-refractivity contribution in [3.63, 3.8) is 0 Å². The zero-order chi connectivity index (χ0) is 13.5. The molecule has 5 nitrogen and oxygen atoms in total. The Kier molecular flexibility index (Phi) is 2.75. The third-order valence-corrected chi connectivity index (χ3v) is 3.86. The molecule has 1 aliphatic rings. The molecule has 102 valence electrons. The molecule has 20 heavy (non-hydrogen) atoms. The lowest BCUT2D eigenvalue weighted by Crippen LogP contribution is -2.44. The van der Waals surface area contributed by atoms with E-state index in [1.807, 2.05) is 18.2 Å². The second-order valence-corrected chi connectivity index (χ2v) is 5.30. The fourth-order valence-electron chi connectivity index (χ4n) is 2.65. The maximum Gasteiger partial charge on any atom is 0.182 e. The van der Waals surface area contributed by atoms with Gasteiger partial charge in [-0.1, -0.05) is 11.6 Å². The number of piperazine rings is 1.